The van der Waals surface area contributed by atoms with E-state index in [0.717, 1.165) is 18.2 Å². The lowest BCUT2D eigenvalue weighted by molar-refractivity contribution is -0.200. The molecule has 1 aliphatic heterocycles. The maximum Gasteiger partial charge on any atom is 0.335 e. The van der Waals surface area contributed by atoms with Crippen molar-refractivity contribution in [3.63, 3.8) is 0 Å². The van der Waals surface area contributed by atoms with Crippen LogP contribution in [0.15, 0.2) is 48.7 Å². The minimum atomic E-state index is -3.36. The molecule has 0 radical (unpaired) electrons. The number of benzene rings is 1. The smallest absolute Gasteiger partial charge is 0.335 e. The van der Waals surface area contributed by atoms with Crippen molar-refractivity contribution in [2.45, 2.75) is 38.4 Å². The van der Waals surface area contributed by atoms with Gasteiger partial charge < -0.3 is 14.6 Å². The van der Waals surface area contributed by atoms with Gasteiger partial charge in [0, 0.05) is 35.6 Å². The molecule has 2 heterocycles. The first-order valence-electron chi connectivity index (χ1n) is 11.6. The second-order valence-corrected chi connectivity index (χ2v) is 9.39. The van der Waals surface area contributed by atoms with Gasteiger partial charge >= 0.3 is 11.9 Å². The van der Waals surface area contributed by atoms with Crippen LogP contribution in [0, 0.1) is 34.5 Å². The minimum absolute atomic E-state index is 0.478. The lowest BCUT2D eigenvalue weighted by Gasteiger charge is -2.48. The maximum absolute atomic E-state index is 15.3. The maximum atomic E-state index is 15.3. The number of ether oxygens (including phenoxy) is 2. The molecule has 0 amide bonds. The highest BCUT2D eigenvalue weighted by atomic mass is 19.3. The molecule has 0 spiro atoms. The average molecular weight is 497 g/mol. The first kappa shape index (κ1) is 25.5. The molecule has 36 heavy (non-hydrogen) atoms. The van der Waals surface area contributed by atoms with Gasteiger partial charge in [0.1, 0.15) is 11.5 Å². The molecule has 0 bridgehead atoms. The predicted octanol–water partition coefficient (Wildman–Crippen LogP) is 4.01. The summed E-state index contributed by atoms with van der Waals surface area (Å²) in [5.41, 5.74) is 0.300. The number of esters is 2. The number of carbonyl (C=O) groups is 2. The van der Waals surface area contributed by atoms with Gasteiger partial charge in [0.2, 0.25) is 0 Å². The molecule has 1 aromatic heterocycles. The number of hydrogen-bond donors (Lipinski definition) is 1. The summed E-state index contributed by atoms with van der Waals surface area (Å²) in [5.74, 6) is -8.53. The van der Waals surface area contributed by atoms with Crippen molar-refractivity contribution < 1.29 is 33.0 Å². The van der Waals surface area contributed by atoms with Crippen LogP contribution in [0.5, 0.6) is 0 Å². The fraction of sp³-hybridized carbons (Fsp3) is 0.407. The van der Waals surface area contributed by atoms with Crippen LogP contribution in [-0.4, -0.2) is 47.3 Å². The van der Waals surface area contributed by atoms with Crippen molar-refractivity contribution in [2.75, 3.05) is 7.11 Å². The van der Waals surface area contributed by atoms with Gasteiger partial charge in [-0.15, -0.1) is 0 Å². The van der Waals surface area contributed by atoms with Crippen molar-refractivity contribution >= 4 is 18.0 Å². The van der Waals surface area contributed by atoms with E-state index in [0.29, 0.717) is 11.3 Å². The number of cyclic esters (lactones) is 1. The van der Waals surface area contributed by atoms with Crippen molar-refractivity contribution in [3.8, 4) is 17.2 Å². The number of methoxy groups -OCH3 is 1. The standard InChI is InChI=1S/C27H26F2N2O5/c1-15-20(11-10-19-9-8-18(13-31-19)21-7-5-4-6-17(21)12-30)22-16(2)36-25(34)26(22,14-27(15,28)29)23(32)24(33)35-3/h4-11,13,15-16,20,22-23,32H,14H2,1-3H3/t15-,16+,20-,22-,23-,26+/m0/s1. The Balaban J connectivity index is 1.69. The van der Waals surface area contributed by atoms with Crippen molar-refractivity contribution in [3.05, 3.63) is 59.9 Å². The second kappa shape index (κ2) is 9.43. The second-order valence-electron chi connectivity index (χ2n) is 9.39. The summed E-state index contributed by atoms with van der Waals surface area (Å²) in [7, 11) is 1.02. The Morgan fingerprint density at radius 1 is 1.31 bits per heavy atom. The molecule has 6 atom stereocenters. The van der Waals surface area contributed by atoms with Crippen LogP contribution >= 0.6 is 0 Å². The van der Waals surface area contributed by atoms with Crippen molar-refractivity contribution in [2.24, 2.45) is 23.2 Å². The number of hydrogen-bond acceptors (Lipinski definition) is 7. The van der Waals surface area contributed by atoms with Gasteiger partial charge in [-0.3, -0.25) is 9.78 Å². The highest BCUT2D eigenvalue weighted by molar-refractivity contribution is 5.89. The van der Waals surface area contributed by atoms with Gasteiger partial charge in [-0.05, 0) is 31.1 Å². The normalized spacial score (nSPS) is 29.8. The molecule has 4 rings (SSSR count). The van der Waals surface area contributed by atoms with Crippen LogP contribution in [0.4, 0.5) is 8.78 Å². The average Bonchev–Trinajstić information content (AvgIpc) is 3.12. The van der Waals surface area contributed by atoms with Crippen LogP contribution < -0.4 is 0 Å². The van der Waals surface area contributed by atoms with Gasteiger partial charge in [-0.1, -0.05) is 37.3 Å². The number of fused-ring (bicyclic) bond motifs is 1. The summed E-state index contributed by atoms with van der Waals surface area (Å²) in [5, 5.41) is 20.1. The molecule has 1 saturated heterocycles. The molecule has 2 fully saturated rings. The van der Waals surface area contributed by atoms with Gasteiger partial charge in [0.15, 0.2) is 6.10 Å². The molecule has 1 N–H and O–H groups in total. The van der Waals surface area contributed by atoms with E-state index >= 15 is 8.78 Å². The lowest BCUT2D eigenvalue weighted by Crippen LogP contribution is -2.60. The van der Waals surface area contributed by atoms with E-state index < -0.39 is 59.7 Å². The summed E-state index contributed by atoms with van der Waals surface area (Å²) in [4.78, 5) is 29.4. The summed E-state index contributed by atoms with van der Waals surface area (Å²) >= 11 is 0. The molecule has 9 heteroatoms. The Morgan fingerprint density at radius 2 is 2.03 bits per heavy atom. The van der Waals surface area contributed by atoms with E-state index in [1.807, 2.05) is 12.1 Å². The molecule has 7 nitrogen and oxygen atoms in total. The molecule has 0 unspecified atom stereocenters. The van der Waals surface area contributed by atoms with E-state index in [1.165, 1.54) is 6.92 Å². The topological polar surface area (TPSA) is 110 Å². The van der Waals surface area contributed by atoms with Crippen LogP contribution in [0.25, 0.3) is 17.2 Å². The highest BCUT2D eigenvalue weighted by Crippen LogP contribution is 2.60. The third-order valence-corrected chi connectivity index (χ3v) is 7.51. The first-order valence-corrected chi connectivity index (χ1v) is 11.6. The van der Waals surface area contributed by atoms with E-state index in [1.54, 1.807) is 49.5 Å². The molecule has 188 valence electrons. The van der Waals surface area contributed by atoms with Crippen LogP contribution in [-0.2, 0) is 19.1 Å². The molecule has 1 aliphatic carbocycles. The number of aromatic nitrogens is 1. The van der Waals surface area contributed by atoms with E-state index in [4.69, 9.17) is 4.74 Å². The number of aliphatic hydroxyl groups excluding tert-OH is 1. The zero-order chi connectivity index (χ0) is 26.3. The van der Waals surface area contributed by atoms with Crippen LogP contribution in [0.3, 0.4) is 0 Å². The minimum Gasteiger partial charge on any atom is -0.467 e. The summed E-state index contributed by atoms with van der Waals surface area (Å²) in [6.45, 7) is 2.96. The number of nitriles is 1. The monoisotopic (exact) mass is 496 g/mol. The van der Waals surface area contributed by atoms with Gasteiger partial charge in [-0.25, -0.2) is 13.6 Å². The Hall–Kier alpha value is -3.64. The summed E-state index contributed by atoms with van der Waals surface area (Å²) in [6, 6.07) is 12.7. The number of pyridine rings is 1. The largest absolute Gasteiger partial charge is 0.467 e. The SMILES string of the molecule is COC(=O)[C@H](O)[C@@]12CC(F)(F)[C@@H](C)[C@H](C=Cc3ccc(-c4ccccc4C#N)cn3)[C@@H]1[C@@H](C)OC2=O. The number of nitrogens with zero attached hydrogens (tertiary/aromatic N) is 2. The van der Waals surface area contributed by atoms with E-state index in [2.05, 4.69) is 15.8 Å². The number of rotatable bonds is 5. The Kier molecular flexibility index (Phi) is 6.67. The Morgan fingerprint density at radius 3 is 2.67 bits per heavy atom. The highest BCUT2D eigenvalue weighted by Gasteiger charge is 2.72. The van der Waals surface area contributed by atoms with Crippen molar-refractivity contribution in [1.82, 2.24) is 4.98 Å². The quantitative estimate of drug-likeness (QED) is 0.623. The fourth-order valence-electron chi connectivity index (χ4n) is 5.60. The van der Waals surface area contributed by atoms with Gasteiger partial charge in [0.25, 0.3) is 5.92 Å². The van der Waals surface area contributed by atoms with Crippen LogP contribution in [0.1, 0.15) is 31.5 Å². The third-order valence-electron chi connectivity index (χ3n) is 7.51. The molecular weight excluding hydrogens is 470 g/mol. The number of aliphatic hydroxyl groups is 1. The molecule has 1 saturated carbocycles. The Bertz CT molecular complexity index is 1240. The fourth-order valence-corrected chi connectivity index (χ4v) is 5.60. The predicted molar refractivity (Wildman–Crippen MR) is 125 cm³/mol. The number of halogens is 2. The molecule has 2 aliphatic rings. The van der Waals surface area contributed by atoms with Gasteiger partial charge in [-0.2, -0.15) is 5.26 Å². The van der Waals surface area contributed by atoms with Gasteiger partial charge in [0.05, 0.1) is 24.4 Å². The van der Waals surface area contributed by atoms with Crippen LogP contribution in [0.2, 0.25) is 0 Å². The summed E-state index contributed by atoms with van der Waals surface area (Å²) in [6.07, 6.45) is 0.809. The molecular formula is C27H26F2N2O5. The zero-order valence-corrected chi connectivity index (χ0v) is 20.0. The number of allylic oxidation sites excluding steroid dienone is 1. The third kappa shape index (κ3) is 4.05. The molecule has 1 aromatic carbocycles. The number of carbonyl (C=O) groups excluding carboxylic acids is 2. The summed E-state index contributed by atoms with van der Waals surface area (Å²) < 4.78 is 40.4. The van der Waals surface area contributed by atoms with E-state index in [9.17, 15) is 20.0 Å². The first-order chi connectivity index (χ1) is 17.1. The zero-order valence-electron chi connectivity index (χ0n) is 20.0. The molecule has 2 aromatic rings. The lowest BCUT2D eigenvalue weighted by atomic mass is 9.54. The van der Waals surface area contributed by atoms with Crippen molar-refractivity contribution in [1.29, 1.82) is 5.26 Å². The number of alkyl halides is 2. The van der Waals surface area contributed by atoms with E-state index in [-0.39, 0.29) is 0 Å². The Labute approximate surface area is 207 Å².